The van der Waals surface area contributed by atoms with Crippen LogP contribution in [-0.4, -0.2) is 33.4 Å². The number of rotatable bonds is 8. The van der Waals surface area contributed by atoms with Gasteiger partial charge in [-0.05, 0) is 60.7 Å². The fraction of sp³-hybridized carbons (Fsp3) is 0.154. The van der Waals surface area contributed by atoms with Crippen LogP contribution in [0, 0.1) is 6.92 Å². The number of aryl methyl sites for hydroxylation is 1. The molecular weight excluding hydrogens is 484 g/mol. The van der Waals surface area contributed by atoms with Gasteiger partial charge in [-0.1, -0.05) is 48.0 Å². The van der Waals surface area contributed by atoms with Gasteiger partial charge in [0.05, 0.1) is 12.0 Å². The zero-order valence-corrected chi connectivity index (χ0v) is 20.8. The van der Waals surface area contributed by atoms with Gasteiger partial charge < -0.3 is 10.1 Å². The Kier molecular flexibility index (Phi) is 7.30. The predicted octanol–water partition coefficient (Wildman–Crippen LogP) is 4.52. The van der Waals surface area contributed by atoms with Gasteiger partial charge in [-0.15, -0.1) is 11.3 Å². The number of sulfonamides is 1. The van der Waals surface area contributed by atoms with Crippen LogP contribution in [-0.2, 0) is 26.0 Å². The third-order valence-corrected chi connectivity index (χ3v) is 7.98. The van der Waals surface area contributed by atoms with Crippen molar-refractivity contribution in [2.45, 2.75) is 24.3 Å². The molecule has 1 heterocycles. The van der Waals surface area contributed by atoms with E-state index in [9.17, 15) is 18.0 Å². The number of amides is 1. The maximum Gasteiger partial charge on any atom is 0.348 e. The summed E-state index contributed by atoms with van der Waals surface area (Å²) in [6.45, 7) is 1.87. The van der Waals surface area contributed by atoms with Crippen LogP contribution >= 0.6 is 11.3 Å². The Bertz CT molecular complexity index is 1460. The molecule has 9 heteroatoms. The number of methoxy groups -OCH3 is 1. The second-order valence-electron chi connectivity index (χ2n) is 8.02. The monoisotopic (exact) mass is 508 g/mol. The Morgan fingerprint density at radius 1 is 0.971 bits per heavy atom. The zero-order valence-electron chi connectivity index (χ0n) is 19.1. The third-order valence-electron chi connectivity index (χ3n) is 5.40. The minimum Gasteiger partial charge on any atom is -0.465 e. The van der Waals surface area contributed by atoms with Gasteiger partial charge in [0.1, 0.15) is 10.9 Å². The fourth-order valence-corrected chi connectivity index (χ4v) is 5.72. The molecule has 0 bridgehead atoms. The lowest BCUT2D eigenvalue weighted by Gasteiger charge is -2.19. The van der Waals surface area contributed by atoms with Crippen molar-refractivity contribution in [1.82, 2.24) is 4.72 Å². The van der Waals surface area contributed by atoms with Crippen molar-refractivity contribution in [1.29, 1.82) is 0 Å². The van der Waals surface area contributed by atoms with Crippen LogP contribution < -0.4 is 10.0 Å². The van der Waals surface area contributed by atoms with Gasteiger partial charge in [-0.3, -0.25) is 4.79 Å². The summed E-state index contributed by atoms with van der Waals surface area (Å²) in [5, 5.41) is 3.58. The molecule has 1 atom stereocenters. The van der Waals surface area contributed by atoms with Crippen LogP contribution in [0.4, 0.5) is 5.69 Å². The molecule has 4 rings (SSSR count). The molecule has 0 fully saturated rings. The summed E-state index contributed by atoms with van der Waals surface area (Å²) in [4.78, 5) is 25.6. The molecule has 4 aromatic rings. The van der Waals surface area contributed by atoms with Crippen LogP contribution in [0.2, 0.25) is 0 Å². The van der Waals surface area contributed by atoms with Gasteiger partial charge >= 0.3 is 5.97 Å². The number of hydrogen-bond acceptors (Lipinski definition) is 6. The number of thiophene rings is 1. The molecule has 1 amide bonds. The van der Waals surface area contributed by atoms with Crippen molar-refractivity contribution >= 4 is 49.0 Å². The molecule has 0 aliphatic heterocycles. The van der Waals surface area contributed by atoms with Gasteiger partial charge in [-0.25, -0.2) is 13.2 Å². The van der Waals surface area contributed by atoms with Gasteiger partial charge in [0.15, 0.2) is 0 Å². The molecule has 0 aliphatic rings. The Morgan fingerprint density at radius 3 is 2.37 bits per heavy atom. The van der Waals surface area contributed by atoms with E-state index < -0.39 is 27.9 Å². The van der Waals surface area contributed by atoms with Crippen molar-refractivity contribution in [3.05, 3.63) is 94.9 Å². The highest BCUT2D eigenvalue weighted by Crippen LogP contribution is 2.28. The average molecular weight is 509 g/mol. The molecule has 0 aliphatic carbocycles. The molecule has 180 valence electrons. The first-order valence-corrected chi connectivity index (χ1v) is 13.1. The summed E-state index contributed by atoms with van der Waals surface area (Å²) in [5.74, 6) is -0.919. The second-order valence-corrected chi connectivity index (χ2v) is 10.8. The number of esters is 1. The Balaban J connectivity index is 1.59. The van der Waals surface area contributed by atoms with Crippen LogP contribution in [0.15, 0.2) is 83.8 Å². The molecule has 0 saturated heterocycles. The smallest absolute Gasteiger partial charge is 0.348 e. The molecule has 7 nitrogen and oxygen atoms in total. The highest BCUT2D eigenvalue weighted by molar-refractivity contribution is 7.89. The van der Waals surface area contributed by atoms with Crippen molar-refractivity contribution < 1.29 is 22.7 Å². The molecule has 1 aromatic heterocycles. The number of ether oxygens (including phenoxy) is 1. The highest BCUT2D eigenvalue weighted by Gasteiger charge is 2.26. The predicted molar refractivity (Wildman–Crippen MR) is 137 cm³/mol. The van der Waals surface area contributed by atoms with Crippen LogP contribution in [0.25, 0.3) is 10.1 Å². The summed E-state index contributed by atoms with van der Waals surface area (Å²) in [7, 11) is -2.62. The lowest BCUT2D eigenvalue weighted by molar-refractivity contribution is -0.117. The third kappa shape index (κ3) is 5.94. The number of nitrogens with one attached hydrogen (secondary N) is 2. The molecule has 2 N–H and O–H groups in total. The fourth-order valence-electron chi connectivity index (χ4n) is 3.56. The Hall–Kier alpha value is -3.53. The van der Waals surface area contributed by atoms with Gasteiger partial charge in [-0.2, -0.15) is 4.72 Å². The summed E-state index contributed by atoms with van der Waals surface area (Å²) in [5.41, 5.74) is 2.24. The summed E-state index contributed by atoms with van der Waals surface area (Å²) in [6.07, 6.45) is 0.172. The van der Waals surface area contributed by atoms with E-state index in [1.165, 1.54) is 30.6 Å². The first-order valence-electron chi connectivity index (χ1n) is 10.8. The van der Waals surface area contributed by atoms with Gasteiger partial charge in [0, 0.05) is 10.4 Å². The van der Waals surface area contributed by atoms with E-state index in [2.05, 4.69) is 10.0 Å². The van der Waals surface area contributed by atoms with E-state index in [0.29, 0.717) is 10.6 Å². The van der Waals surface area contributed by atoms with E-state index >= 15 is 0 Å². The molecule has 0 saturated carbocycles. The van der Waals surface area contributed by atoms with Crippen LogP contribution in [0.3, 0.4) is 0 Å². The number of benzene rings is 3. The summed E-state index contributed by atoms with van der Waals surface area (Å²) < 4.78 is 34.3. The topological polar surface area (TPSA) is 102 Å². The van der Waals surface area contributed by atoms with Crippen molar-refractivity contribution in [2.24, 2.45) is 0 Å². The number of fused-ring (bicyclic) bond motifs is 1. The maximum atomic E-state index is 13.3. The number of carbonyl (C=O) groups excluding carboxylic acids is 2. The largest absolute Gasteiger partial charge is 0.465 e. The average Bonchev–Trinajstić information content (AvgIpc) is 3.27. The normalized spacial score (nSPS) is 12.3. The molecule has 0 unspecified atom stereocenters. The summed E-state index contributed by atoms with van der Waals surface area (Å²) in [6, 6.07) is 21.5. The SMILES string of the molecule is COC(=O)c1cc2cc(NC(=O)[C@@H](Cc3ccccc3)NS(=O)(=O)c3ccc(C)cc3)ccc2s1. The second kappa shape index (κ2) is 10.4. The van der Waals surface area contributed by atoms with E-state index in [1.54, 1.807) is 36.4 Å². The zero-order chi connectivity index (χ0) is 25.0. The van der Waals surface area contributed by atoms with Crippen molar-refractivity contribution in [3.63, 3.8) is 0 Å². The standard InChI is InChI=1S/C26H24N2O5S2/c1-17-8-11-21(12-9-17)35(31,32)28-22(14-18-6-4-3-5-7-18)25(29)27-20-10-13-23-19(15-20)16-24(34-23)26(30)33-2/h3-13,15-16,22,28H,14H2,1-2H3,(H,27,29)/t22-/m1/s1. The lowest BCUT2D eigenvalue weighted by atomic mass is 10.1. The molecule has 3 aromatic carbocycles. The lowest BCUT2D eigenvalue weighted by Crippen LogP contribution is -2.45. The minimum absolute atomic E-state index is 0.0870. The van der Waals surface area contributed by atoms with Gasteiger partial charge in [0.25, 0.3) is 0 Å². The molecule has 35 heavy (non-hydrogen) atoms. The van der Waals surface area contributed by atoms with E-state index in [4.69, 9.17) is 4.74 Å². The van der Waals surface area contributed by atoms with Crippen LogP contribution in [0.1, 0.15) is 20.8 Å². The summed E-state index contributed by atoms with van der Waals surface area (Å²) >= 11 is 1.29. The first kappa shape index (κ1) is 24.6. The van der Waals surface area contributed by atoms with E-state index in [1.807, 2.05) is 37.3 Å². The quantitative estimate of drug-likeness (QED) is 0.341. The van der Waals surface area contributed by atoms with Crippen molar-refractivity contribution in [2.75, 3.05) is 12.4 Å². The van der Waals surface area contributed by atoms with Crippen molar-refractivity contribution in [3.8, 4) is 0 Å². The number of carbonyl (C=O) groups is 2. The van der Waals surface area contributed by atoms with Gasteiger partial charge in [0.2, 0.25) is 15.9 Å². The highest BCUT2D eigenvalue weighted by atomic mass is 32.2. The first-order chi connectivity index (χ1) is 16.7. The molecule has 0 spiro atoms. The maximum absolute atomic E-state index is 13.3. The number of anilines is 1. The van der Waals surface area contributed by atoms with Crippen LogP contribution in [0.5, 0.6) is 0 Å². The molecular formula is C26H24N2O5S2. The Morgan fingerprint density at radius 2 is 1.69 bits per heavy atom. The van der Waals surface area contributed by atoms with E-state index in [-0.39, 0.29) is 11.3 Å². The number of hydrogen-bond donors (Lipinski definition) is 2. The Labute approximate surface area is 207 Å². The van der Waals surface area contributed by atoms with E-state index in [0.717, 1.165) is 21.2 Å². The minimum atomic E-state index is -3.94. The molecule has 0 radical (unpaired) electrons.